The fourth-order valence-electron chi connectivity index (χ4n) is 13.7. The topological polar surface area (TPSA) is 28.3 Å². The van der Waals surface area contributed by atoms with Gasteiger partial charge in [-0.05, 0) is 150 Å². The van der Waals surface area contributed by atoms with E-state index in [4.69, 9.17) is 9.47 Å². The largest absolute Gasteiger partial charge is 0.456 e. The van der Waals surface area contributed by atoms with Gasteiger partial charge in [0.05, 0.1) is 22.4 Å². The number of benzene rings is 9. The monoisotopic (exact) mass is 1010 g/mol. The van der Waals surface area contributed by atoms with E-state index in [0.717, 1.165) is 45.3 Å². The zero-order chi connectivity index (χ0) is 54.0. The van der Waals surface area contributed by atoms with E-state index in [9.17, 15) is 0 Å². The maximum absolute atomic E-state index is 7.89. The average Bonchev–Trinajstić information content (AvgIpc) is 3.90. The molecule has 4 aliphatic heterocycles. The molecule has 0 bridgehead atoms. The molecule has 0 amide bonds. The molecule has 0 radical (unpaired) electrons. The first-order chi connectivity index (χ1) is 37.0. The van der Waals surface area contributed by atoms with Gasteiger partial charge in [0.15, 0.2) is 0 Å². The first-order valence-electron chi connectivity index (χ1n) is 28.3. The Morgan fingerprint density at radius 1 is 0.333 bits per heavy atom. The molecule has 0 fully saturated rings. The normalized spacial score (nSPS) is 14.2. The lowest BCUT2D eigenvalue weighted by molar-refractivity contribution is 0.472. The van der Waals surface area contributed by atoms with E-state index < -0.39 is 0 Å². The summed E-state index contributed by atoms with van der Waals surface area (Å²) in [5, 5.41) is 5.09. The van der Waals surface area contributed by atoms with Gasteiger partial charge in [0.1, 0.15) is 23.0 Å². The van der Waals surface area contributed by atoms with Crippen molar-refractivity contribution >= 4 is 89.8 Å². The third-order valence-electron chi connectivity index (χ3n) is 18.2. The van der Waals surface area contributed by atoms with Crippen LogP contribution in [0.1, 0.15) is 116 Å². The predicted molar refractivity (Wildman–Crippen MR) is 333 cm³/mol. The SMILES string of the molecule is Cc1ccc(-c2ccc3c(c2)B2c4c(c5c6c(c4-n4c7ccc(C(C)(C)C)cc7c7cc(C(C)(C)C)cc2c74)Oc2ccc(-c4ccc(C)cc4)cc2B6c2cc(C(C)(C)C)cc4c6cc(C(C)(C)C)ccc6n-5c24)O3)cc1. The molecule has 382 valence electrons. The second-order valence-corrected chi connectivity index (χ2v) is 27.5. The number of aromatic nitrogens is 2. The minimum Gasteiger partial charge on any atom is -0.456 e. The highest BCUT2D eigenvalue weighted by Crippen LogP contribution is 2.50. The summed E-state index contributed by atoms with van der Waals surface area (Å²) >= 11 is 0. The van der Waals surface area contributed by atoms with E-state index in [1.807, 2.05) is 0 Å². The summed E-state index contributed by atoms with van der Waals surface area (Å²) in [4.78, 5) is 0. The van der Waals surface area contributed by atoms with Crippen molar-refractivity contribution < 1.29 is 9.47 Å². The van der Waals surface area contributed by atoms with E-state index in [1.54, 1.807) is 0 Å². The van der Waals surface area contributed by atoms with Crippen molar-refractivity contribution in [2.45, 2.75) is 119 Å². The standard InChI is InChI=1S/C72H66B2N2O2/c1-39-15-19-41(20-16-39)43-23-29-59-53(31-43)73-55-37-47(71(9,10)11)35-51-49-33-45(69(3,4)5)25-27-57(49)75(63(51)55)65-61(73)67(77-59)66-62-68(65)78-60-30-24-44(42-21-17-40(2)18-22-42)32-54(60)74(62)56-38-48(72(12,13)14)36-52-50-34-46(70(6,7)8)26-28-58(50)76(66)64(52)56/h15-38H,1-14H3. The third kappa shape index (κ3) is 6.61. The van der Waals surface area contributed by atoms with Crippen molar-refractivity contribution in [3.8, 4) is 56.6 Å². The van der Waals surface area contributed by atoms with E-state index in [-0.39, 0.29) is 35.1 Å². The van der Waals surface area contributed by atoms with Crippen molar-refractivity contribution in [1.29, 1.82) is 0 Å². The van der Waals surface area contributed by atoms with Crippen molar-refractivity contribution in [2.24, 2.45) is 0 Å². The smallest absolute Gasteiger partial charge is 0.256 e. The first-order valence-corrected chi connectivity index (χ1v) is 28.3. The first kappa shape index (κ1) is 47.5. The molecule has 4 nitrogen and oxygen atoms in total. The van der Waals surface area contributed by atoms with Crippen molar-refractivity contribution in [3.05, 3.63) is 179 Å². The second-order valence-electron chi connectivity index (χ2n) is 27.5. The molecular formula is C72H66B2N2O2. The number of ether oxygens (including phenoxy) is 2. The summed E-state index contributed by atoms with van der Waals surface area (Å²) in [7, 11) is 0. The molecule has 11 aromatic rings. The molecule has 0 saturated carbocycles. The lowest BCUT2D eigenvalue weighted by Crippen LogP contribution is -2.63. The van der Waals surface area contributed by atoms with Crippen LogP contribution in [0.4, 0.5) is 0 Å². The fraction of sp³-hybridized carbons (Fsp3) is 0.250. The molecule has 9 aromatic carbocycles. The molecule has 0 aliphatic carbocycles. The van der Waals surface area contributed by atoms with Gasteiger partial charge in [-0.25, -0.2) is 0 Å². The van der Waals surface area contributed by atoms with Crippen molar-refractivity contribution in [3.63, 3.8) is 0 Å². The highest BCUT2D eigenvalue weighted by Gasteiger charge is 2.51. The van der Waals surface area contributed by atoms with Gasteiger partial charge < -0.3 is 18.6 Å². The molecule has 6 heterocycles. The van der Waals surface area contributed by atoms with E-state index in [1.165, 1.54) is 121 Å². The Morgan fingerprint density at radius 3 is 1.04 bits per heavy atom. The Kier molecular flexibility index (Phi) is 9.46. The molecule has 4 aliphatic rings. The van der Waals surface area contributed by atoms with Gasteiger partial charge >= 0.3 is 0 Å². The molecule has 78 heavy (non-hydrogen) atoms. The average molecular weight is 1010 g/mol. The summed E-state index contributed by atoms with van der Waals surface area (Å²) < 4.78 is 21.0. The predicted octanol–water partition coefficient (Wildman–Crippen LogP) is 14.9. The third-order valence-corrected chi connectivity index (χ3v) is 18.2. The number of hydrogen-bond donors (Lipinski definition) is 0. The van der Waals surface area contributed by atoms with Crippen LogP contribution in [0.15, 0.2) is 146 Å². The fourth-order valence-corrected chi connectivity index (χ4v) is 13.7. The molecule has 0 unspecified atom stereocenters. The number of nitrogens with zero attached hydrogens (tertiary/aromatic N) is 2. The van der Waals surface area contributed by atoms with Crippen LogP contribution in [0.3, 0.4) is 0 Å². The Balaban J connectivity index is 1.15. The Bertz CT molecular complexity index is 4190. The number of fused-ring (bicyclic) bond motifs is 16. The van der Waals surface area contributed by atoms with Gasteiger partial charge in [0.2, 0.25) is 0 Å². The Morgan fingerprint density at radius 2 is 0.679 bits per heavy atom. The van der Waals surface area contributed by atoms with Crippen molar-refractivity contribution in [2.75, 3.05) is 0 Å². The lowest BCUT2D eigenvalue weighted by atomic mass is 9.31. The summed E-state index contributed by atoms with van der Waals surface area (Å²) in [6, 6.07) is 56.4. The van der Waals surface area contributed by atoms with Crippen LogP contribution in [0, 0.1) is 13.8 Å². The van der Waals surface area contributed by atoms with Crippen LogP contribution in [-0.4, -0.2) is 22.6 Å². The molecule has 2 aromatic heterocycles. The van der Waals surface area contributed by atoms with Gasteiger partial charge in [0, 0.05) is 43.5 Å². The van der Waals surface area contributed by atoms with Gasteiger partial charge in [-0.2, -0.15) is 0 Å². The molecule has 0 N–H and O–H groups in total. The van der Waals surface area contributed by atoms with E-state index in [2.05, 4.69) is 252 Å². The van der Waals surface area contributed by atoms with Crippen LogP contribution >= 0.6 is 0 Å². The summed E-state index contributed by atoms with van der Waals surface area (Å²) in [6.45, 7) is 32.1. The van der Waals surface area contributed by atoms with Gasteiger partial charge in [0.25, 0.3) is 13.4 Å². The minimum atomic E-state index is -0.184. The second kappa shape index (κ2) is 15.5. The molecule has 0 saturated heterocycles. The van der Waals surface area contributed by atoms with Crippen LogP contribution in [-0.2, 0) is 21.7 Å². The Hall–Kier alpha value is -7.69. The van der Waals surface area contributed by atoms with Gasteiger partial charge in [-0.3, -0.25) is 0 Å². The molecular weight excluding hydrogens is 946 g/mol. The maximum Gasteiger partial charge on any atom is 0.256 e. The molecule has 6 heteroatoms. The maximum atomic E-state index is 7.89. The van der Waals surface area contributed by atoms with Crippen LogP contribution < -0.4 is 42.3 Å². The zero-order valence-electron chi connectivity index (χ0n) is 47.7. The lowest BCUT2D eigenvalue weighted by Gasteiger charge is -2.41. The van der Waals surface area contributed by atoms with Gasteiger partial charge in [-0.1, -0.05) is 191 Å². The summed E-state index contributed by atoms with van der Waals surface area (Å²) in [6.07, 6.45) is 0. The number of aryl methyl sites for hydroxylation is 2. The highest BCUT2D eigenvalue weighted by molar-refractivity contribution is 7.02. The van der Waals surface area contributed by atoms with E-state index >= 15 is 0 Å². The van der Waals surface area contributed by atoms with E-state index in [0.29, 0.717) is 0 Å². The molecule has 0 atom stereocenters. The van der Waals surface area contributed by atoms with Crippen LogP contribution in [0.25, 0.3) is 77.2 Å². The molecule has 15 rings (SSSR count). The zero-order valence-corrected chi connectivity index (χ0v) is 47.7. The Labute approximate surface area is 460 Å². The van der Waals surface area contributed by atoms with Gasteiger partial charge in [-0.15, -0.1) is 0 Å². The summed E-state index contributed by atoms with van der Waals surface area (Å²) in [5.41, 5.74) is 26.4. The van der Waals surface area contributed by atoms with Crippen LogP contribution in [0.5, 0.6) is 23.0 Å². The number of hydrogen-bond acceptors (Lipinski definition) is 2. The number of rotatable bonds is 2. The highest BCUT2D eigenvalue weighted by atomic mass is 16.5. The quantitative estimate of drug-likeness (QED) is 0.161. The molecule has 0 spiro atoms. The summed E-state index contributed by atoms with van der Waals surface area (Å²) in [5.74, 6) is 3.61. The minimum absolute atomic E-state index is 0.0523. The van der Waals surface area contributed by atoms with Crippen LogP contribution in [0.2, 0.25) is 0 Å². The van der Waals surface area contributed by atoms with Crippen molar-refractivity contribution in [1.82, 2.24) is 9.13 Å².